The van der Waals surface area contributed by atoms with Gasteiger partial charge in [0.05, 0.1) is 15.7 Å². The van der Waals surface area contributed by atoms with E-state index in [0.717, 1.165) is 4.57 Å². The van der Waals surface area contributed by atoms with Crippen LogP contribution in [0.25, 0.3) is 11.3 Å². The molecule has 0 spiro atoms. The van der Waals surface area contributed by atoms with Gasteiger partial charge in [0, 0.05) is 17.2 Å². The maximum atomic E-state index is 13.4. The van der Waals surface area contributed by atoms with Crippen molar-refractivity contribution in [2.24, 2.45) is 0 Å². The van der Waals surface area contributed by atoms with Crippen LogP contribution < -0.4 is 0 Å². The second kappa shape index (κ2) is 6.95. The van der Waals surface area contributed by atoms with Gasteiger partial charge in [-0.05, 0) is 28.9 Å². The SMILES string of the molecule is CCOCn1c(-c2ccccc2Cl)c(C#N)c(Br)c1C(F)(F)F. The summed E-state index contributed by atoms with van der Waals surface area (Å²) in [7, 11) is 0. The summed E-state index contributed by atoms with van der Waals surface area (Å²) in [5.74, 6) is 0. The van der Waals surface area contributed by atoms with Crippen LogP contribution in [0.1, 0.15) is 18.2 Å². The summed E-state index contributed by atoms with van der Waals surface area (Å²) in [6.45, 7) is 1.56. The monoisotopic (exact) mass is 406 g/mol. The molecule has 3 nitrogen and oxygen atoms in total. The van der Waals surface area contributed by atoms with Crippen molar-refractivity contribution < 1.29 is 17.9 Å². The van der Waals surface area contributed by atoms with Crippen LogP contribution in [0.4, 0.5) is 13.2 Å². The van der Waals surface area contributed by atoms with Gasteiger partial charge in [-0.2, -0.15) is 18.4 Å². The first-order valence-electron chi connectivity index (χ1n) is 6.54. The minimum atomic E-state index is -4.65. The first kappa shape index (κ1) is 17.9. The Morgan fingerprint density at radius 2 is 2.00 bits per heavy atom. The summed E-state index contributed by atoms with van der Waals surface area (Å²) in [6.07, 6.45) is -4.65. The average molecular weight is 408 g/mol. The fourth-order valence-corrected chi connectivity index (χ4v) is 3.15. The number of rotatable bonds is 4. The van der Waals surface area contributed by atoms with Gasteiger partial charge < -0.3 is 9.30 Å². The molecule has 0 amide bonds. The first-order valence-corrected chi connectivity index (χ1v) is 7.71. The Hall–Kier alpha value is -1.49. The highest BCUT2D eigenvalue weighted by Crippen LogP contribution is 2.44. The molecular weight excluding hydrogens is 397 g/mol. The molecule has 23 heavy (non-hydrogen) atoms. The molecule has 122 valence electrons. The molecule has 0 radical (unpaired) electrons. The Morgan fingerprint density at radius 3 is 2.52 bits per heavy atom. The molecule has 0 N–H and O–H groups in total. The fourth-order valence-electron chi connectivity index (χ4n) is 2.21. The van der Waals surface area contributed by atoms with E-state index < -0.39 is 11.9 Å². The Bertz CT molecular complexity index is 765. The third kappa shape index (κ3) is 3.39. The zero-order valence-electron chi connectivity index (χ0n) is 11.9. The molecule has 8 heteroatoms. The molecule has 0 saturated heterocycles. The van der Waals surface area contributed by atoms with Crippen molar-refractivity contribution in [3.63, 3.8) is 0 Å². The van der Waals surface area contributed by atoms with E-state index in [4.69, 9.17) is 16.3 Å². The molecular formula is C15H11BrClF3N2O. The van der Waals surface area contributed by atoms with E-state index in [1.165, 1.54) is 0 Å². The maximum absolute atomic E-state index is 13.4. The Balaban J connectivity index is 2.84. The number of hydrogen-bond donors (Lipinski definition) is 0. The quantitative estimate of drug-likeness (QED) is 0.675. The van der Waals surface area contributed by atoms with Gasteiger partial charge in [-0.1, -0.05) is 29.8 Å². The van der Waals surface area contributed by atoms with Crippen LogP contribution in [0.2, 0.25) is 5.02 Å². The number of hydrogen-bond acceptors (Lipinski definition) is 2. The van der Waals surface area contributed by atoms with Gasteiger partial charge in [0.1, 0.15) is 18.5 Å². The highest BCUT2D eigenvalue weighted by Gasteiger charge is 2.41. The third-order valence-corrected chi connectivity index (χ3v) is 4.24. The molecule has 0 saturated carbocycles. The van der Waals surface area contributed by atoms with Crippen molar-refractivity contribution in [2.45, 2.75) is 19.8 Å². The number of alkyl halides is 3. The van der Waals surface area contributed by atoms with Gasteiger partial charge in [0.2, 0.25) is 0 Å². The number of nitrogens with zero attached hydrogens (tertiary/aromatic N) is 2. The molecule has 0 unspecified atom stereocenters. The minimum absolute atomic E-state index is 0.0748. The molecule has 1 aromatic heterocycles. The minimum Gasteiger partial charge on any atom is -0.361 e. The smallest absolute Gasteiger partial charge is 0.361 e. The summed E-state index contributed by atoms with van der Waals surface area (Å²) in [6, 6.07) is 8.23. The van der Waals surface area contributed by atoms with Crippen molar-refractivity contribution in [3.8, 4) is 17.3 Å². The lowest BCUT2D eigenvalue weighted by Gasteiger charge is -2.16. The fraction of sp³-hybridized carbons (Fsp3) is 0.267. The highest BCUT2D eigenvalue weighted by atomic mass is 79.9. The molecule has 0 aliphatic carbocycles. The first-order chi connectivity index (χ1) is 10.8. The summed E-state index contributed by atoms with van der Waals surface area (Å²) < 4.78 is 46.1. The number of ether oxygens (including phenoxy) is 1. The van der Waals surface area contributed by atoms with Crippen LogP contribution in [-0.2, 0) is 17.6 Å². The second-order valence-corrected chi connectivity index (χ2v) is 5.73. The number of benzene rings is 1. The molecule has 2 aromatic rings. The van der Waals surface area contributed by atoms with Gasteiger partial charge >= 0.3 is 6.18 Å². The van der Waals surface area contributed by atoms with E-state index in [2.05, 4.69) is 15.9 Å². The summed E-state index contributed by atoms with van der Waals surface area (Å²) in [5, 5.41) is 9.59. The van der Waals surface area contributed by atoms with Crippen molar-refractivity contribution >= 4 is 27.5 Å². The van der Waals surface area contributed by atoms with Gasteiger partial charge in [0.15, 0.2) is 0 Å². The summed E-state index contributed by atoms with van der Waals surface area (Å²) in [5.41, 5.74) is -0.699. The van der Waals surface area contributed by atoms with Crippen LogP contribution >= 0.6 is 27.5 Å². The van der Waals surface area contributed by atoms with Gasteiger partial charge in [0.25, 0.3) is 0 Å². The van der Waals surface area contributed by atoms with Crippen LogP contribution in [0.15, 0.2) is 28.7 Å². The van der Waals surface area contributed by atoms with Crippen molar-refractivity contribution in [3.05, 3.63) is 45.0 Å². The largest absolute Gasteiger partial charge is 0.432 e. The highest BCUT2D eigenvalue weighted by molar-refractivity contribution is 9.10. The lowest BCUT2D eigenvalue weighted by atomic mass is 10.1. The average Bonchev–Trinajstić information content (AvgIpc) is 2.77. The van der Waals surface area contributed by atoms with Gasteiger partial charge in [-0.15, -0.1) is 0 Å². The van der Waals surface area contributed by atoms with Crippen LogP contribution in [0.3, 0.4) is 0 Å². The Morgan fingerprint density at radius 1 is 1.35 bits per heavy atom. The molecule has 1 heterocycles. The number of halogens is 5. The molecule has 0 atom stereocenters. The molecule has 0 aliphatic rings. The lowest BCUT2D eigenvalue weighted by Crippen LogP contribution is -2.16. The standard InChI is InChI=1S/C15H11BrClF3N2O/c1-2-23-8-22-13(9-5-3-4-6-11(9)17)10(7-21)12(16)14(22)15(18,19)20/h3-6H,2,8H2,1H3. The Labute approximate surface area is 144 Å². The molecule has 1 aromatic carbocycles. The Kier molecular flexibility index (Phi) is 5.40. The van der Waals surface area contributed by atoms with Gasteiger partial charge in [-0.3, -0.25) is 0 Å². The number of aromatic nitrogens is 1. The van der Waals surface area contributed by atoms with Crippen LogP contribution in [0, 0.1) is 11.3 Å². The van der Waals surface area contributed by atoms with E-state index >= 15 is 0 Å². The maximum Gasteiger partial charge on any atom is 0.432 e. The van der Waals surface area contributed by atoms with E-state index in [9.17, 15) is 18.4 Å². The van der Waals surface area contributed by atoms with Crippen molar-refractivity contribution in [2.75, 3.05) is 6.61 Å². The number of nitriles is 1. The van der Waals surface area contributed by atoms with Crippen LogP contribution in [0.5, 0.6) is 0 Å². The summed E-state index contributed by atoms with van der Waals surface area (Å²) >= 11 is 9.01. The topological polar surface area (TPSA) is 38.0 Å². The molecule has 0 fully saturated rings. The summed E-state index contributed by atoms with van der Waals surface area (Å²) in [4.78, 5) is 0. The van der Waals surface area contributed by atoms with Crippen LogP contribution in [-0.4, -0.2) is 11.2 Å². The third-order valence-electron chi connectivity index (χ3n) is 3.14. The molecule has 0 aliphatic heterocycles. The zero-order chi connectivity index (χ0) is 17.2. The van der Waals surface area contributed by atoms with E-state index in [0.29, 0.717) is 5.56 Å². The lowest BCUT2D eigenvalue weighted by molar-refractivity contribution is -0.146. The normalized spacial score (nSPS) is 11.5. The van der Waals surface area contributed by atoms with Crippen molar-refractivity contribution in [1.29, 1.82) is 5.26 Å². The second-order valence-electron chi connectivity index (χ2n) is 4.53. The zero-order valence-corrected chi connectivity index (χ0v) is 14.3. The molecule has 2 rings (SSSR count). The van der Waals surface area contributed by atoms with Crippen molar-refractivity contribution in [1.82, 2.24) is 4.57 Å². The van der Waals surface area contributed by atoms with E-state index in [1.807, 2.05) is 6.07 Å². The van der Waals surface area contributed by atoms with Gasteiger partial charge in [-0.25, -0.2) is 0 Å². The van der Waals surface area contributed by atoms with E-state index in [1.54, 1.807) is 31.2 Å². The predicted molar refractivity (Wildman–Crippen MR) is 83.9 cm³/mol. The predicted octanol–water partition coefficient (Wildman–Crippen LogP) is 5.46. The van der Waals surface area contributed by atoms with E-state index in [-0.39, 0.29) is 34.1 Å². The molecule has 0 bridgehead atoms.